The summed E-state index contributed by atoms with van der Waals surface area (Å²) >= 11 is 0. The smallest absolute Gasteiger partial charge is 0.748 e. The maximum Gasteiger partial charge on any atom is 1.00 e. The van der Waals surface area contributed by atoms with Gasteiger partial charge in [-0.3, -0.25) is 0 Å². The van der Waals surface area contributed by atoms with Crippen molar-refractivity contribution in [3.05, 3.63) is 0 Å². The molecule has 0 aromatic heterocycles. The van der Waals surface area contributed by atoms with Crippen LogP contribution in [0.3, 0.4) is 0 Å². The van der Waals surface area contributed by atoms with Crippen molar-refractivity contribution in [2.45, 2.75) is 58.0 Å². The van der Waals surface area contributed by atoms with E-state index >= 15 is 0 Å². The van der Waals surface area contributed by atoms with Crippen molar-refractivity contribution in [3.8, 4) is 0 Å². The summed E-state index contributed by atoms with van der Waals surface area (Å²) in [6, 6.07) is 0. The molecule has 0 aliphatic carbocycles. The molecule has 110 valence electrons. The first-order chi connectivity index (χ1) is 8.45. The minimum absolute atomic E-state index is 0. The van der Waals surface area contributed by atoms with E-state index in [2.05, 4.69) is 12.2 Å². The minimum Gasteiger partial charge on any atom is -0.748 e. The molecule has 1 atom stereocenters. The Morgan fingerprint density at radius 2 is 1.74 bits per heavy atom. The molecule has 7 heteroatoms. The van der Waals surface area contributed by atoms with E-state index in [4.69, 9.17) is 0 Å². The average molecular weight is 303 g/mol. The van der Waals surface area contributed by atoms with Crippen molar-refractivity contribution < 1.29 is 47.6 Å². The van der Waals surface area contributed by atoms with Gasteiger partial charge in [0.15, 0.2) is 0 Å². The molecule has 0 radical (unpaired) electrons. The molecule has 5 nitrogen and oxygen atoms in total. The maximum atomic E-state index is 10.3. The van der Waals surface area contributed by atoms with Gasteiger partial charge < -0.3 is 15.0 Å². The molecule has 1 unspecified atom stereocenters. The Hall–Kier alpha value is 0.830. The van der Waals surface area contributed by atoms with Crippen LogP contribution in [-0.2, 0) is 10.1 Å². The second-order valence-corrected chi connectivity index (χ2v) is 6.20. The molecule has 0 bridgehead atoms. The average Bonchev–Trinajstić information content (AvgIpc) is 2.28. The second-order valence-electron chi connectivity index (χ2n) is 4.68. The monoisotopic (exact) mass is 303 g/mol. The Bertz CT molecular complexity index is 285. The Kier molecular flexibility index (Phi) is 16.1. The Balaban J connectivity index is 0. The molecule has 0 aliphatic heterocycles. The van der Waals surface area contributed by atoms with Gasteiger partial charge in [0.1, 0.15) is 0 Å². The molecule has 0 aromatic rings. The zero-order valence-corrected chi connectivity index (χ0v) is 15.0. The normalized spacial score (nSPS) is 13.0. The van der Waals surface area contributed by atoms with Crippen LogP contribution < -0.4 is 34.9 Å². The molecule has 0 aromatic carbocycles. The molecule has 0 amide bonds. The first-order valence-electron chi connectivity index (χ1n) is 6.78. The van der Waals surface area contributed by atoms with E-state index < -0.39 is 22.0 Å². The summed E-state index contributed by atoms with van der Waals surface area (Å²) in [7, 11) is -4.15. The van der Waals surface area contributed by atoms with E-state index in [1.807, 2.05) is 0 Å². The Morgan fingerprint density at radius 3 is 2.32 bits per heavy atom. The van der Waals surface area contributed by atoms with Crippen molar-refractivity contribution in [2.24, 2.45) is 0 Å². The van der Waals surface area contributed by atoms with Crippen LogP contribution in [0.25, 0.3) is 0 Å². The summed E-state index contributed by atoms with van der Waals surface area (Å²) in [5, 5.41) is 12.4. The van der Waals surface area contributed by atoms with Gasteiger partial charge in [0.25, 0.3) is 0 Å². The van der Waals surface area contributed by atoms with E-state index in [-0.39, 0.29) is 36.1 Å². The summed E-state index contributed by atoms with van der Waals surface area (Å²) in [6.45, 7) is 2.64. The van der Waals surface area contributed by atoms with E-state index in [0.717, 1.165) is 19.3 Å². The third-order valence-electron chi connectivity index (χ3n) is 2.80. The summed E-state index contributed by atoms with van der Waals surface area (Å²) in [4.78, 5) is 0. The second kappa shape index (κ2) is 13.8. The van der Waals surface area contributed by atoms with Gasteiger partial charge in [0.05, 0.1) is 22.0 Å². The zero-order valence-electron chi connectivity index (χ0n) is 12.2. The fourth-order valence-corrected chi connectivity index (χ4v) is 2.12. The van der Waals surface area contributed by atoms with Gasteiger partial charge in [-0.05, 0) is 6.42 Å². The SMILES string of the molecule is CCCCCCCCC(O)CNCCS(=O)(=O)[O-].[Na+]. The fraction of sp³-hybridized carbons (Fsp3) is 1.00. The molecular formula is C12H26NNaO4S. The van der Waals surface area contributed by atoms with Crippen LogP contribution in [0.15, 0.2) is 0 Å². The van der Waals surface area contributed by atoms with Gasteiger partial charge in [0.2, 0.25) is 0 Å². The third kappa shape index (κ3) is 18.8. The number of hydrogen-bond acceptors (Lipinski definition) is 5. The van der Waals surface area contributed by atoms with Gasteiger partial charge in [-0.25, -0.2) is 8.42 Å². The van der Waals surface area contributed by atoms with E-state index in [0.29, 0.717) is 6.54 Å². The number of nitrogens with one attached hydrogen (secondary N) is 1. The number of rotatable bonds is 12. The van der Waals surface area contributed by atoms with Crippen LogP contribution in [0.1, 0.15) is 51.9 Å². The molecule has 0 fully saturated rings. The molecule has 0 rings (SSSR count). The third-order valence-corrected chi connectivity index (χ3v) is 3.50. The molecule has 2 N–H and O–H groups in total. The van der Waals surface area contributed by atoms with Crippen LogP contribution in [0.5, 0.6) is 0 Å². The standard InChI is InChI=1S/C12H27NO4S.Na/c1-2-3-4-5-6-7-8-12(14)11-13-9-10-18(15,16)17;/h12-14H,2-11H2,1H3,(H,15,16,17);/q;+1/p-1. The van der Waals surface area contributed by atoms with Gasteiger partial charge in [0, 0.05) is 13.1 Å². The summed E-state index contributed by atoms with van der Waals surface area (Å²) in [5.74, 6) is -0.420. The number of aliphatic hydroxyl groups is 1. The summed E-state index contributed by atoms with van der Waals surface area (Å²) in [6.07, 6.45) is 7.37. The van der Waals surface area contributed by atoms with Gasteiger partial charge in [-0.1, -0.05) is 45.4 Å². The summed E-state index contributed by atoms with van der Waals surface area (Å²) < 4.78 is 30.9. The van der Waals surface area contributed by atoms with Crippen molar-refractivity contribution in [3.63, 3.8) is 0 Å². The molecule has 0 spiro atoms. The molecule has 0 heterocycles. The maximum absolute atomic E-state index is 10.3. The van der Waals surface area contributed by atoms with Crippen molar-refractivity contribution >= 4 is 10.1 Å². The number of aliphatic hydroxyl groups excluding tert-OH is 1. The van der Waals surface area contributed by atoms with Crippen molar-refractivity contribution in [1.82, 2.24) is 5.32 Å². The van der Waals surface area contributed by atoms with Gasteiger partial charge >= 0.3 is 29.6 Å². The van der Waals surface area contributed by atoms with E-state index in [9.17, 15) is 18.1 Å². The largest absolute Gasteiger partial charge is 1.00 e. The van der Waals surface area contributed by atoms with E-state index in [1.165, 1.54) is 25.7 Å². The van der Waals surface area contributed by atoms with Crippen LogP contribution in [0, 0.1) is 0 Å². The van der Waals surface area contributed by atoms with Crippen LogP contribution in [-0.4, -0.2) is 43.0 Å². The predicted molar refractivity (Wildman–Crippen MR) is 71.4 cm³/mol. The molecule has 0 aliphatic rings. The van der Waals surface area contributed by atoms with Crippen molar-refractivity contribution in [1.29, 1.82) is 0 Å². The molecule has 0 saturated heterocycles. The zero-order chi connectivity index (χ0) is 13.9. The van der Waals surface area contributed by atoms with Gasteiger partial charge in [-0.2, -0.15) is 0 Å². The fourth-order valence-electron chi connectivity index (χ4n) is 1.73. The van der Waals surface area contributed by atoms with Crippen LogP contribution in [0.4, 0.5) is 0 Å². The number of unbranched alkanes of at least 4 members (excludes halogenated alkanes) is 5. The molecular weight excluding hydrogens is 277 g/mol. The first-order valence-corrected chi connectivity index (χ1v) is 8.35. The van der Waals surface area contributed by atoms with Crippen LogP contribution in [0.2, 0.25) is 0 Å². The Labute approximate surface area is 139 Å². The van der Waals surface area contributed by atoms with Crippen molar-refractivity contribution in [2.75, 3.05) is 18.8 Å². The quantitative estimate of drug-likeness (QED) is 0.253. The minimum atomic E-state index is -4.15. The first kappa shape index (κ1) is 22.1. The Morgan fingerprint density at radius 1 is 1.16 bits per heavy atom. The molecule has 19 heavy (non-hydrogen) atoms. The molecule has 0 saturated carbocycles. The predicted octanol–water partition coefficient (Wildman–Crippen LogP) is -1.76. The van der Waals surface area contributed by atoms with Gasteiger partial charge in [-0.15, -0.1) is 0 Å². The topological polar surface area (TPSA) is 89.5 Å². The number of hydrogen-bond donors (Lipinski definition) is 2. The summed E-state index contributed by atoms with van der Waals surface area (Å²) in [5.41, 5.74) is 0. The van der Waals surface area contributed by atoms with E-state index in [1.54, 1.807) is 0 Å². The van der Waals surface area contributed by atoms with Crippen LogP contribution >= 0.6 is 0 Å².